The first kappa shape index (κ1) is 15.2. The van der Waals surface area contributed by atoms with Crippen LogP contribution >= 0.6 is 0 Å². The molecule has 21 heavy (non-hydrogen) atoms. The highest BCUT2D eigenvalue weighted by atomic mass is 32.2. The van der Waals surface area contributed by atoms with Crippen LogP contribution in [0.3, 0.4) is 0 Å². The average Bonchev–Trinajstić information content (AvgIpc) is 2.77. The molecule has 1 N–H and O–H groups in total. The van der Waals surface area contributed by atoms with Crippen LogP contribution in [0, 0.1) is 25.2 Å². The molecule has 1 unspecified atom stereocenters. The van der Waals surface area contributed by atoms with E-state index in [1.807, 2.05) is 6.07 Å². The summed E-state index contributed by atoms with van der Waals surface area (Å²) in [5.41, 5.74) is 1.44. The molecule has 110 valence electrons. The quantitative estimate of drug-likeness (QED) is 0.934. The fraction of sp³-hybridized carbons (Fsp3) is 0.286. The van der Waals surface area contributed by atoms with Crippen LogP contribution in [0.5, 0.6) is 0 Å². The number of sulfonamides is 1. The molecule has 2 rings (SSSR count). The molecule has 0 saturated carbocycles. The van der Waals surface area contributed by atoms with E-state index in [-0.39, 0.29) is 10.5 Å². The standard InChI is InChI=1S/C14H15N3O3S/c1-9-14(11(3)20-16-9)10(2)17-21(18,19)13-7-5-4-6-12(13)8-15/h4-7,10,17H,1-3H3. The second-order valence-electron chi connectivity index (χ2n) is 4.69. The summed E-state index contributed by atoms with van der Waals surface area (Å²) in [7, 11) is -3.80. The highest BCUT2D eigenvalue weighted by molar-refractivity contribution is 7.89. The van der Waals surface area contributed by atoms with Crippen molar-refractivity contribution >= 4 is 10.0 Å². The molecule has 0 aliphatic heterocycles. The summed E-state index contributed by atoms with van der Waals surface area (Å²) in [5.74, 6) is 0.566. The Labute approximate surface area is 123 Å². The summed E-state index contributed by atoms with van der Waals surface area (Å²) in [4.78, 5) is -0.0360. The van der Waals surface area contributed by atoms with Gasteiger partial charge in [0.2, 0.25) is 10.0 Å². The molecule has 6 nitrogen and oxygen atoms in total. The number of hydrogen-bond acceptors (Lipinski definition) is 5. The van der Waals surface area contributed by atoms with Crippen molar-refractivity contribution < 1.29 is 12.9 Å². The van der Waals surface area contributed by atoms with Gasteiger partial charge < -0.3 is 4.52 Å². The molecule has 1 aromatic heterocycles. The zero-order chi connectivity index (χ0) is 15.6. The van der Waals surface area contributed by atoms with Crippen molar-refractivity contribution in [2.24, 2.45) is 0 Å². The first-order chi connectivity index (χ1) is 9.86. The maximum atomic E-state index is 12.4. The molecular weight excluding hydrogens is 290 g/mol. The molecule has 1 atom stereocenters. The van der Waals surface area contributed by atoms with E-state index in [0.29, 0.717) is 17.0 Å². The van der Waals surface area contributed by atoms with Gasteiger partial charge in [0.1, 0.15) is 11.8 Å². The lowest BCUT2D eigenvalue weighted by Gasteiger charge is -2.14. The molecule has 1 heterocycles. The van der Waals surface area contributed by atoms with Crippen LogP contribution in [-0.4, -0.2) is 13.6 Å². The predicted molar refractivity (Wildman–Crippen MR) is 75.9 cm³/mol. The minimum atomic E-state index is -3.80. The number of nitrogens with zero attached hydrogens (tertiary/aromatic N) is 2. The van der Waals surface area contributed by atoms with Crippen molar-refractivity contribution in [1.82, 2.24) is 9.88 Å². The van der Waals surface area contributed by atoms with Crippen LogP contribution in [0.25, 0.3) is 0 Å². The molecule has 0 bridgehead atoms. The number of rotatable bonds is 4. The summed E-state index contributed by atoms with van der Waals surface area (Å²) in [6.45, 7) is 5.18. The largest absolute Gasteiger partial charge is 0.361 e. The van der Waals surface area contributed by atoms with Crippen molar-refractivity contribution in [1.29, 1.82) is 5.26 Å². The summed E-state index contributed by atoms with van der Waals surface area (Å²) in [5, 5.41) is 12.8. The molecule has 0 spiro atoms. The molecule has 2 aromatic rings. The maximum absolute atomic E-state index is 12.4. The van der Waals surface area contributed by atoms with E-state index < -0.39 is 16.1 Å². The molecule has 0 fully saturated rings. The van der Waals surface area contributed by atoms with Gasteiger partial charge in [-0.2, -0.15) is 5.26 Å². The van der Waals surface area contributed by atoms with Gasteiger partial charge in [-0.3, -0.25) is 0 Å². The highest BCUT2D eigenvalue weighted by Crippen LogP contribution is 2.24. The van der Waals surface area contributed by atoms with Crippen molar-refractivity contribution in [2.75, 3.05) is 0 Å². The Hall–Kier alpha value is -2.17. The van der Waals surface area contributed by atoms with Crippen LogP contribution in [0.1, 0.15) is 35.5 Å². The summed E-state index contributed by atoms with van der Waals surface area (Å²) >= 11 is 0. The average molecular weight is 305 g/mol. The minimum absolute atomic E-state index is 0.0360. The van der Waals surface area contributed by atoms with E-state index in [4.69, 9.17) is 9.78 Å². The lowest BCUT2D eigenvalue weighted by atomic mass is 10.1. The van der Waals surface area contributed by atoms with Crippen molar-refractivity contribution in [2.45, 2.75) is 31.7 Å². The summed E-state index contributed by atoms with van der Waals surface area (Å²) in [6.07, 6.45) is 0. The van der Waals surface area contributed by atoms with Gasteiger partial charge in [-0.25, -0.2) is 13.1 Å². The topological polar surface area (TPSA) is 96.0 Å². The van der Waals surface area contributed by atoms with Gasteiger partial charge >= 0.3 is 0 Å². The maximum Gasteiger partial charge on any atom is 0.242 e. The van der Waals surface area contributed by atoms with Crippen LogP contribution in [0.2, 0.25) is 0 Å². The van der Waals surface area contributed by atoms with Gasteiger partial charge in [0.25, 0.3) is 0 Å². The lowest BCUT2D eigenvalue weighted by Crippen LogP contribution is -2.28. The third-order valence-electron chi connectivity index (χ3n) is 3.15. The highest BCUT2D eigenvalue weighted by Gasteiger charge is 2.24. The Balaban J connectivity index is 2.37. The van der Waals surface area contributed by atoms with Gasteiger partial charge in [0, 0.05) is 11.6 Å². The van der Waals surface area contributed by atoms with Crippen molar-refractivity contribution in [3.05, 3.63) is 46.8 Å². The SMILES string of the molecule is Cc1noc(C)c1C(C)NS(=O)(=O)c1ccccc1C#N. The monoisotopic (exact) mass is 305 g/mol. The van der Waals surface area contributed by atoms with E-state index in [0.717, 1.165) is 0 Å². The Morgan fingerprint density at radius 2 is 2.00 bits per heavy atom. The number of nitriles is 1. The Bertz CT molecular complexity index is 784. The molecule has 0 radical (unpaired) electrons. The van der Waals surface area contributed by atoms with E-state index in [1.165, 1.54) is 12.1 Å². The first-order valence-electron chi connectivity index (χ1n) is 6.31. The second-order valence-corrected chi connectivity index (χ2v) is 6.37. The lowest BCUT2D eigenvalue weighted by molar-refractivity contribution is 0.391. The molecule has 0 amide bonds. The van der Waals surface area contributed by atoms with Gasteiger partial charge in [-0.05, 0) is 32.9 Å². The Morgan fingerprint density at radius 1 is 1.33 bits per heavy atom. The number of benzene rings is 1. The number of nitrogens with one attached hydrogen (secondary N) is 1. The van der Waals surface area contributed by atoms with Gasteiger partial charge in [-0.15, -0.1) is 0 Å². The Kier molecular flexibility index (Phi) is 4.11. The van der Waals surface area contributed by atoms with E-state index in [9.17, 15) is 8.42 Å². The van der Waals surface area contributed by atoms with Crippen LogP contribution in [0.4, 0.5) is 0 Å². The molecule has 1 aromatic carbocycles. The predicted octanol–water partition coefficient (Wildman–Crippen LogP) is 2.20. The molecule has 0 saturated heterocycles. The van der Waals surface area contributed by atoms with Crippen LogP contribution in [0.15, 0.2) is 33.7 Å². The van der Waals surface area contributed by atoms with E-state index in [1.54, 1.807) is 32.9 Å². The van der Waals surface area contributed by atoms with Crippen LogP contribution < -0.4 is 4.72 Å². The van der Waals surface area contributed by atoms with Crippen molar-refractivity contribution in [3.8, 4) is 6.07 Å². The van der Waals surface area contributed by atoms with Crippen molar-refractivity contribution in [3.63, 3.8) is 0 Å². The summed E-state index contributed by atoms with van der Waals surface area (Å²) in [6, 6.07) is 7.45. The molecule has 0 aliphatic carbocycles. The number of aromatic nitrogens is 1. The second kappa shape index (κ2) is 5.68. The van der Waals surface area contributed by atoms with E-state index in [2.05, 4.69) is 9.88 Å². The number of hydrogen-bond donors (Lipinski definition) is 1. The Morgan fingerprint density at radius 3 is 2.57 bits per heavy atom. The smallest absolute Gasteiger partial charge is 0.242 e. The normalized spacial score (nSPS) is 12.9. The summed E-state index contributed by atoms with van der Waals surface area (Å²) < 4.78 is 32.5. The van der Waals surface area contributed by atoms with Gasteiger partial charge in [0.15, 0.2) is 0 Å². The number of aryl methyl sites for hydroxylation is 2. The van der Waals surface area contributed by atoms with Crippen LogP contribution in [-0.2, 0) is 10.0 Å². The molecular formula is C14H15N3O3S. The fourth-order valence-corrected chi connectivity index (χ4v) is 3.63. The van der Waals surface area contributed by atoms with Gasteiger partial charge in [0.05, 0.1) is 16.2 Å². The first-order valence-corrected chi connectivity index (χ1v) is 7.79. The third-order valence-corrected chi connectivity index (χ3v) is 4.75. The fourth-order valence-electron chi connectivity index (χ4n) is 2.26. The molecule has 0 aliphatic rings. The van der Waals surface area contributed by atoms with E-state index >= 15 is 0 Å². The third kappa shape index (κ3) is 2.96. The zero-order valence-electron chi connectivity index (χ0n) is 11.9. The molecule has 7 heteroatoms. The zero-order valence-corrected chi connectivity index (χ0v) is 12.7. The van der Waals surface area contributed by atoms with Gasteiger partial charge in [-0.1, -0.05) is 17.3 Å². The minimum Gasteiger partial charge on any atom is -0.361 e.